The summed E-state index contributed by atoms with van der Waals surface area (Å²) in [7, 11) is 0. The van der Waals surface area contributed by atoms with Crippen LogP contribution in [0.1, 0.15) is 50.7 Å². The van der Waals surface area contributed by atoms with E-state index in [1.165, 1.54) is 5.56 Å². The van der Waals surface area contributed by atoms with Gasteiger partial charge in [-0.05, 0) is 24.0 Å². The van der Waals surface area contributed by atoms with Crippen molar-refractivity contribution < 1.29 is 14.3 Å². The Labute approximate surface area is 115 Å². The van der Waals surface area contributed by atoms with Crippen molar-refractivity contribution in [3.05, 3.63) is 35.4 Å². The van der Waals surface area contributed by atoms with Crippen molar-refractivity contribution in [1.82, 2.24) is 0 Å². The molecule has 0 bridgehead atoms. The van der Waals surface area contributed by atoms with Crippen LogP contribution in [0.2, 0.25) is 0 Å². The number of rotatable bonds is 7. The molecular formula is C16H22O3. The smallest absolute Gasteiger partial charge is 0.306 e. The normalized spacial score (nSPS) is 10.5. The molecule has 1 aromatic rings. The first-order valence-corrected chi connectivity index (χ1v) is 6.79. The first-order valence-electron chi connectivity index (χ1n) is 6.79. The molecule has 0 aromatic heterocycles. The summed E-state index contributed by atoms with van der Waals surface area (Å²) in [5.41, 5.74) is 2.26. The molecule has 0 saturated heterocycles. The molecule has 0 spiro atoms. The summed E-state index contributed by atoms with van der Waals surface area (Å²) in [5, 5.41) is 0. The fraction of sp³-hybridized carbons (Fsp3) is 0.500. The molecule has 3 nitrogen and oxygen atoms in total. The SMILES string of the molecule is CCOC(=O)CCC(=O)Cc1ccc(C(C)C)cc1. The molecule has 0 fully saturated rings. The fourth-order valence-electron chi connectivity index (χ4n) is 1.81. The number of hydrogen-bond donors (Lipinski definition) is 0. The van der Waals surface area contributed by atoms with E-state index in [2.05, 4.69) is 26.0 Å². The topological polar surface area (TPSA) is 43.4 Å². The zero-order valence-corrected chi connectivity index (χ0v) is 11.9. The Morgan fingerprint density at radius 1 is 1.11 bits per heavy atom. The van der Waals surface area contributed by atoms with Gasteiger partial charge in [0.05, 0.1) is 13.0 Å². The van der Waals surface area contributed by atoms with Crippen molar-refractivity contribution in [1.29, 1.82) is 0 Å². The van der Waals surface area contributed by atoms with Crippen LogP contribution in [-0.2, 0) is 20.7 Å². The first-order chi connectivity index (χ1) is 9.02. The van der Waals surface area contributed by atoms with Crippen LogP contribution in [-0.4, -0.2) is 18.4 Å². The van der Waals surface area contributed by atoms with Crippen molar-refractivity contribution in [2.75, 3.05) is 6.61 Å². The molecule has 1 rings (SSSR count). The van der Waals surface area contributed by atoms with Crippen LogP contribution in [0.15, 0.2) is 24.3 Å². The molecule has 0 heterocycles. The lowest BCUT2D eigenvalue weighted by atomic mass is 9.99. The van der Waals surface area contributed by atoms with E-state index in [-0.39, 0.29) is 24.6 Å². The van der Waals surface area contributed by atoms with Crippen LogP contribution in [0.25, 0.3) is 0 Å². The van der Waals surface area contributed by atoms with Gasteiger partial charge in [-0.2, -0.15) is 0 Å². The van der Waals surface area contributed by atoms with Crippen LogP contribution < -0.4 is 0 Å². The third kappa shape index (κ3) is 5.69. The summed E-state index contributed by atoms with van der Waals surface area (Å²) in [6.45, 7) is 6.40. The van der Waals surface area contributed by atoms with Crippen molar-refractivity contribution in [3.63, 3.8) is 0 Å². The zero-order chi connectivity index (χ0) is 14.3. The lowest BCUT2D eigenvalue weighted by Crippen LogP contribution is -2.09. The van der Waals surface area contributed by atoms with E-state index >= 15 is 0 Å². The number of Topliss-reactive ketones (excluding diaryl/α,β-unsaturated/α-hetero) is 1. The summed E-state index contributed by atoms with van der Waals surface area (Å²) in [6.07, 6.45) is 0.819. The van der Waals surface area contributed by atoms with Crippen molar-refractivity contribution >= 4 is 11.8 Å². The maximum atomic E-state index is 11.7. The number of ether oxygens (including phenoxy) is 1. The highest BCUT2D eigenvalue weighted by Gasteiger charge is 2.08. The monoisotopic (exact) mass is 262 g/mol. The highest BCUT2D eigenvalue weighted by atomic mass is 16.5. The van der Waals surface area contributed by atoms with Gasteiger partial charge >= 0.3 is 5.97 Å². The highest BCUT2D eigenvalue weighted by molar-refractivity contribution is 5.84. The molecule has 0 saturated carbocycles. The predicted octanol–water partition coefficient (Wildman–Crippen LogP) is 3.26. The minimum absolute atomic E-state index is 0.0744. The van der Waals surface area contributed by atoms with Crippen LogP contribution in [0.3, 0.4) is 0 Å². The Balaban J connectivity index is 2.42. The lowest BCUT2D eigenvalue weighted by molar-refractivity contribution is -0.144. The Hall–Kier alpha value is -1.64. The molecule has 0 aliphatic heterocycles. The largest absolute Gasteiger partial charge is 0.466 e. The second kappa shape index (κ2) is 7.72. The van der Waals surface area contributed by atoms with E-state index in [9.17, 15) is 9.59 Å². The molecule has 0 amide bonds. The molecular weight excluding hydrogens is 240 g/mol. The van der Waals surface area contributed by atoms with Crippen LogP contribution in [0.4, 0.5) is 0 Å². The van der Waals surface area contributed by atoms with E-state index in [0.717, 1.165) is 5.56 Å². The van der Waals surface area contributed by atoms with Gasteiger partial charge < -0.3 is 4.74 Å². The number of carbonyl (C=O) groups is 2. The van der Waals surface area contributed by atoms with Gasteiger partial charge in [-0.3, -0.25) is 9.59 Å². The highest BCUT2D eigenvalue weighted by Crippen LogP contribution is 2.15. The first kappa shape index (κ1) is 15.4. The third-order valence-electron chi connectivity index (χ3n) is 2.96. The summed E-state index contributed by atoms with van der Waals surface area (Å²) >= 11 is 0. The van der Waals surface area contributed by atoms with Gasteiger partial charge in [-0.15, -0.1) is 0 Å². The molecule has 0 atom stereocenters. The summed E-state index contributed by atoms with van der Waals surface area (Å²) in [5.74, 6) is 0.268. The average Bonchev–Trinajstić information content (AvgIpc) is 2.37. The number of esters is 1. The maximum absolute atomic E-state index is 11.7. The van der Waals surface area contributed by atoms with Gasteiger partial charge in [0.15, 0.2) is 0 Å². The van der Waals surface area contributed by atoms with E-state index in [1.807, 2.05) is 12.1 Å². The fourth-order valence-corrected chi connectivity index (χ4v) is 1.81. The standard InChI is InChI=1S/C16H22O3/c1-4-19-16(18)10-9-15(17)11-13-5-7-14(8-6-13)12(2)3/h5-8,12H,4,9-11H2,1-3H3. The van der Waals surface area contributed by atoms with E-state index in [4.69, 9.17) is 4.74 Å². The number of carbonyl (C=O) groups excluding carboxylic acids is 2. The molecule has 3 heteroatoms. The van der Waals surface area contributed by atoms with E-state index in [1.54, 1.807) is 6.92 Å². The number of hydrogen-bond acceptors (Lipinski definition) is 3. The van der Waals surface area contributed by atoms with Gasteiger partial charge in [0, 0.05) is 12.8 Å². The summed E-state index contributed by atoms with van der Waals surface area (Å²) in [4.78, 5) is 22.9. The predicted molar refractivity (Wildman–Crippen MR) is 75.1 cm³/mol. The van der Waals surface area contributed by atoms with Gasteiger partial charge in [-0.1, -0.05) is 38.1 Å². The molecule has 19 heavy (non-hydrogen) atoms. The van der Waals surface area contributed by atoms with Crippen molar-refractivity contribution in [2.24, 2.45) is 0 Å². The maximum Gasteiger partial charge on any atom is 0.306 e. The molecule has 0 unspecified atom stereocenters. The molecule has 1 aromatic carbocycles. The minimum atomic E-state index is -0.300. The molecule has 0 aliphatic carbocycles. The van der Waals surface area contributed by atoms with Gasteiger partial charge in [0.2, 0.25) is 0 Å². The quantitative estimate of drug-likeness (QED) is 0.708. The Bertz CT molecular complexity index is 418. The zero-order valence-electron chi connectivity index (χ0n) is 11.9. The van der Waals surface area contributed by atoms with Crippen LogP contribution >= 0.6 is 0 Å². The second-order valence-corrected chi connectivity index (χ2v) is 4.92. The Morgan fingerprint density at radius 2 is 1.74 bits per heavy atom. The average molecular weight is 262 g/mol. The number of benzene rings is 1. The minimum Gasteiger partial charge on any atom is -0.466 e. The number of ketones is 1. The van der Waals surface area contributed by atoms with Gasteiger partial charge in [-0.25, -0.2) is 0 Å². The molecule has 0 aliphatic rings. The van der Waals surface area contributed by atoms with Crippen LogP contribution in [0.5, 0.6) is 0 Å². The Morgan fingerprint density at radius 3 is 2.26 bits per heavy atom. The van der Waals surface area contributed by atoms with Crippen molar-refractivity contribution in [2.45, 2.75) is 46.0 Å². The summed E-state index contributed by atoms with van der Waals surface area (Å²) < 4.78 is 4.79. The second-order valence-electron chi connectivity index (χ2n) is 4.92. The molecule has 104 valence electrons. The molecule has 0 N–H and O–H groups in total. The van der Waals surface area contributed by atoms with Crippen molar-refractivity contribution in [3.8, 4) is 0 Å². The molecule has 0 radical (unpaired) electrons. The lowest BCUT2D eigenvalue weighted by Gasteiger charge is -2.06. The summed E-state index contributed by atoms with van der Waals surface area (Å²) in [6, 6.07) is 8.08. The van der Waals surface area contributed by atoms with Crippen LogP contribution in [0, 0.1) is 0 Å². The third-order valence-corrected chi connectivity index (χ3v) is 2.96. The van der Waals surface area contributed by atoms with E-state index in [0.29, 0.717) is 18.9 Å². The van der Waals surface area contributed by atoms with Gasteiger partial charge in [0.25, 0.3) is 0 Å². The van der Waals surface area contributed by atoms with Gasteiger partial charge in [0.1, 0.15) is 5.78 Å². The van der Waals surface area contributed by atoms with E-state index < -0.39 is 0 Å². The Kier molecular flexibility index (Phi) is 6.26.